The van der Waals surface area contributed by atoms with Crippen molar-refractivity contribution in [1.29, 1.82) is 0 Å². The van der Waals surface area contributed by atoms with Crippen LogP contribution in [0.1, 0.15) is 23.2 Å². The van der Waals surface area contributed by atoms with E-state index >= 15 is 0 Å². The molecule has 1 saturated carbocycles. The van der Waals surface area contributed by atoms with E-state index in [1.54, 1.807) is 24.4 Å². The highest BCUT2D eigenvalue weighted by atomic mass is 32.2. The molecule has 1 aliphatic rings. The van der Waals surface area contributed by atoms with Gasteiger partial charge in [-0.05, 0) is 37.1 Å². The lowest BCUT2D eigenvalue weighted by molar-refractivity contribution is 0.102. The van der Waals surface area contributed by atoms with Gasteiger partial charge >= 0.3 is 0 Å². The number of hydrogen-bond acceptors (Lipinski definition) is 4. The lowest BCUT2D eigenvalue weighted by Gasteiger charge is -2.09. The van der Waals surface area contributed by atoms with Gasteiger partial charge in [0.2, 0.25) is 10.0 Å². The predicted octanol–water partition coefficient (Wildman–Crippen LogP) is 2.26. The number of hydrogen-bond donors (Lipinski definition) is 3. The quantitative estimate of drug-likeness (QED) is 0.652. The number of nitrogens with zero attached hydrogens (tertiary/aromatic N) is 1. The number of rotatable bonds is 5. The van der Waals surface area contributed by atoms with Crippen LogP contribution in [0.5, 0.6) is 0 Å². The molecular formula is C17H16N4O3S. The van der Waals surface area contributed by atoms with Crippen LogP contribution in [0.4, 0.5) is 5.69 Å². The van der Waals surface area contributed by atoms with Crippen LogP contribution in [0.3, 0.4) is 0 Å². The van der Waals surface area contributed by atoms with Crippen LogP contribution < -0.4 is 10.0 Å². The van der Waals surface area contributed by atoms with E-state index in [0.717, 1.165) is 23.7 Å². The molecule has 1 heterocycles. The number of aromatic amines is 1. The van der Waals surface area contributed by atoms with Gasteiger partial charge in [0.25, 0.3) is 5.91 Å². The van der Waals surface area contributed by atoms with Crippen LogP contribution in [0, 0.1) is 0 Å². The number of sulfonamides is 1. The third kappa shape index (κ3) is 3.26. The van der Waals surface area contributed by atoms with Crippen molar-refractivity contribution in [1.82, 2.24) is 14.9 Å². The molecule has 0 spiro atoms. The maximum Gasteiger partial charge on any atom is 0.255 e. The van der Waals surface area contributed by atoms with Gasteiger partial charge in [-0.3, -0.25) is 9.89 Å². The third-order valence-corrected chi connectivity index (χ3v) is 5.55. The number of carbonyl (C=O) groups is 1. The van der Waals surface area contributed by atoms with Gasteiger partial charge in [-0.15, -0.1) is 0 Å². The maximum absolute atomic E-state index is 12.5. The van der Waals surface area contributed by atoms with Gasteiger partial charge < -0.3 is 5.32 Å². The van der Waals surface area contributed by atoms with E-state index in [1.807, 2.05) is 12.1 Å². The summed E-state index contributed by atoms with van der Waals surface area (Å²) < 4.78 is 27.2. The second kappa shape index (κ2) is 5.98. The Morgan fingerprint density at radius 2 is 1.96 bits per heavy atom. The van der Waals surface area contributed by atoms with Gasteiger partial charge in [0.05, 0.1) is 22.3 Å². The highest BCUT2D eigenvalue weighted by Gasteiger charge is 2.28. The average Bonchev–Trinajstić information content (AvgIpc) is 3.26. The maximum atomic E-state index is 12.5. The molecule has 3 aromatic rings. The SMILES string of the molecule is O=C(Nc1cccc2cn[nH]c12)c1cccc(S(=O)(=O)NC2CC2)c1. The van der Waals surface area contributed by atoms with E-state index in [4.69, 9.17) is 0 Å². The summed E-state index contributed by atoms with van der Waals surface area (Å²) in [6.45, 7) is 0. The number of carbonyl (C=O) groups excluding carboxylic acids is 1. The van der Waals surface area contributed by atoms with Crippen molar-refractivity contribution in [3.8, 4) is 0 Å². The van der Waals surface area contributed by atoms with E-state index in [1.165, 1.54) is 12.1 Å². The number of H-pyrrole nitrogens is 1. The Kier molecular flexibility index (Phi) is 3.78. The molecule has 1 aliphatic carbocycles. The van der Waals surface area contributed by atoms with Gasteiger partial charge in [0, 0.05) is 17.0 Å². The highest BCUT2D eigenvalue weighted by molar-refractivity contribution is 7.89. The number of amides is 1. The molecule has 0 saturated heterocycles. The van der Waals surface area contributed by atoms with Crippen LogP contribution in [-0.4, -0.2) is 30.6 Å². The van der Waals surface area contributed by atoms with Gasteiger partial charge in [-0.25, -0.2) is 13.1 Å². The summed E-state index contributed by atoms with van der Waals surface area (Å²) in [4.78, 5) is 12.6. The standard InChI is InChI=1S/C17H16N4O3S/c22-17(19-15-6-2-4-12-10-18-20-16(12)15)11-3-1-5-14(9-11)25(23,24)21-13-7-8-13/h1-6,9-10,13,21H,7-8H2,(H,18,20)(H,19,22). The molecule has 1 fully saturated rings. The summed E-state index contributed by atoms with van der Waals surface area (Å²) in [5.74, 6) is -0.384. The molecule has 0 unspecified atom stereocenters. The Bertz CT molecular complexity index is 1050. The zero-order valence-corrected chi connectivity index (χ0v) is 14.0. The molecule has 4 rings (SSSR count). The Morgan fingerprint density at radius 1 is 1.16 bits per heavy atom. The molecular weight excluding hydrogens is 340 g/mol. The van der Waals surface area contributed by atoms with Crippen molar-refractivity contribution in [2.24, 2.45) is 0 Å². The minimum absolute atomic E-state index is 0.0143. The molecule has 2 aromatic carbocycles. The van der Waals surface area contributed by atoms with Crippen LogP contribution in [-0.2, 0) is 10.0 Å². The van der Waals surface area contributed by atoms with E-state index < -0.39 is 10.0 Å². The van der Waals surface area contributed by atoms with Gasteiger partial charge in [-0.1, -0.05) is 18.2 Å². The summed E-state index contributed by atoms with van der Waals surface area (Å²) >= 11 is 0. The topological polar surface area (TPSA) is 104 Å². The average molecular weight is 356 g/mol. The number of benzene rings is 2. The first-order valence-electron chi connectivity index (χ1n) is 7.89. The molecule has 128 valence electrons. The molecule has 1 aromatic heterocycles. The van der Waals surface area contributed by atoms with Crippen molar-refractivity contribution >= 4 is 32.5 Å². The largest absolute Gasteiger partial charge is 0.320 e. The summed E-state index contributed by atoms with van der Waals surface area (Å²) in [6, 6.07) is 11.5. The fourth-order valence-corrected chi connectivity index (χ4v) is 3.91. The molecule has 0 atom stereocenters. The monoisotopic (exact) mass is 356 g/mol. The zero-order valence-electron chi connectivity index (χ0n) is 13.2. The van der Waals surface area contributed by atoms with E-state index in [9.17, 15) is 13.2 Å². The smallest absolute Gasteiger partial charge is 0.255 e. The molecule has 0 bridgehead atoms. The van der Waals surface area contributed by atoms with Crippen molar-refractivity contribution in [3.05, 3.63) is 54.2 Å². The van der Waals surface area contributed by atoms with Crippen LogP contribution >= 0.6 is 0 Å². The molecule has 0 aliphatic heterocycles. The normalized spacial score (nSPS) is 14.6. The summed E-state index contributed by atoms with van der Waals surface area (Å²) in [7, 11) is -3.60. The fraction of sp³-hybridized carbons (Fsp3) is 0.176. The van der Waals surface area contributed by atoms with Crippen molar-refractivity contribution < 1.29 is 13.2 Å². The van der Waals surface area contributed by atoms with Gasteiger partial charge in [0.1, 0.15) is 0 Å². The first-order valence-corrected chi connectivity index (χ1v) is 9.37. The number of para-hydroxylation sites is 1. The van der Waals surface area contributed by atoms with Crippen molar-refractivity contribution in [2.75, 3.05) is 5.32 Å². The first kappa shape index (κ1) is 15.8. The summed E-state index contributed by atoms with van der Waals surface area (Å²) in [5.41, 5.74) is 1.58. The lowest BCUT2D eigenvalue weighted by Crippen LogP contribution is -2.26. The Labute approximate surface area is 144 Å². The second-order valence-electron chi connectivity index (χ2n) is 6.02. The predicted molar refractivity (Wildman–Crippen MR) is 93.8 cm³/mol. The Morgan fingerprint density at radius 3 is 2.76 bits per heavy atom. The highest BCUT2D eigenvalue weighted by Crippen LogP contribution is 2.24. The molecule has 3 N–H and O–H groups in total. The van der Waals surface area contributed by atoms with E-state index in [2.05, 4.69) is 20.2 Å². The van der Waals surface area contributed by atoms with Crippen molar-refractivity contribution in [3.63, 3.8) is 0 Å². The summed E-state index contributed by atoms with van der Waals surface area (Å²) in [5, 5.41) is 10.5. The van der Waals surface area contributed by atoms with Crippen LogP contribution in [0.2, 0.25) is 0 Å². The van der Waals surface area contributed by atoms with Crippen LogP contribution in [0.15, 0.2) is 53.6 Å². The number of aromatic nitrogens is 2. The molecule has 25 heavy (non-hydrogen) atoms. The number of nitrogens with one attached hydrogen (secondary N) is 3. The lowest BCUT2D eigenvalue weighted by atomic mass is 10.2. The van der Waals surface area contributed by atoms with Crippen LogP contribution in [0.25, 0.3) is 10.9 Å². The molecule has 8 heteroatoms. The summed E-state index contributed by atoms with van der Waals surface area (Å²) in [6.07, 6.45) is 3.38. The molecule has 7 nitrogen and oxygen atoms in total. The first-order chi connectivity index (χ1) is 12.0. The minimum atomic E-state index is -3.60. The van der Waals surface area contributed by atoms with E-state index in [-0.39, 0.29) is 22.4 Å². The fourth-order valence-electron chi connectivity index (χ4n) is 2.56. The molecule has 1 amide bonds. The molecule has 0 radical (unpaired) electrons. The minimum Gasteiger partial charge on any atom is -0.320 e. The number of anilines is 1. The van der Waals surface area contributed by atoms with E-state index in [0.29, 0.717) is 5.69 Å². The third-order valence-electron chi connectivity index (χ3n) is 4.03. The number of fused-ring (bicyclic) bond motifs is 1. The zero-order chi connectivity index (χ0) is 17.4. The van der Waals surface area contributed by atoms with Crippen molar-refractivity contribution in [2.45, 2.75) is 23.8 Å². The van der Waals surface area contributed by atoms with Gasteiger partial charge in [-0.2, -0.15) is 5.10 Å². The Hall–Kier alpha value is -2.71. The Balaban J connectivity index is 1.60. The second-order valence-corrected chi connectivity index (χ2v) is 7.73. The van der Waals surface area contributed by atoms with Gasteiger partial charge in [0.15, 0.2) is 0 Å².